The Kier molecular flexibility index (Phi) is 3.24. The van der Waals surface area contributed by atoms with Gasteiger partial charge in [0.15, 0.2) is 0 Å². The van der Waals surface area contributed by atoms with E-state index in [0.717, 1.165) is 17.8 Å². The van der Waals surface area contributed by atoms with Gasteiger partial charge in [-0.2, -0.15) is 5.10 Å². The lowest BCUT2D eigenvalue weighted by molar-refractivity contribution is 0.677. The molecule has 2 rings (SSSR count). The van der Waals surface area contributed by atoms with Gasteiger partial charge in [-0.1, -0.05) is 24.4 Å². The molecule has 4 heteroatoms. The van der Waals surface area contributed by atoms with Crippen LogP contribution in [0.25, 0.3) is 0 Å². The van der Waals surface area contributed by atoms with Crippen LogP contribution < -0.4 is 5.73 Å². The summed E-state index contributed by atoms with van der Waals surface area (Å²) in [5.41, 5.74) is 9.96. The highest BCUT2D eigenvalue weighted by Crippen LogP contribution is 2.12. The summed E-state index contributed by atoms with van der Waals surface area (Å²) >= 11 is 4.96. The summed E-state index contributed by atoms with van der Waals surface area (Å²) in [6, 6.07) is 8.04. The summed E-state index contributed by atoms with van der Waals surface area (Å²) in [4.78, 5) is 0.439. The number of hydrogen-bond donors (Lipinski definition) is 1. The van der Waals surface area contributed by atoms with Crippen molar-refractivity contribution in [2.75, 3.05) is 0 Å². The van der Waals surface area contributed by atoms with E-state index in [1.807, 2.05) is 36.0 Å². The molecule has 1 aromatic heterocycles. The number of nitrogens with two attached hydrogens (primary N) is 1. The van der Waals surface area contributed by atoms with E-state index in [2.05, 4.69) is 18.1 Å². The van der Waals surface area contributed by atoms with E-state index in [-0.39, 0.29) is 0 Å². The number of rotatable bonds is 3. The third kappa shape index (κ3) is 2.71. The Bertz CT molecular complexity index is 558. The zero-order valence-electron chi connectivity index (χ0n) is 9.97. The van der Waals surface area contributed by atoms with Gasteiger partial charge in [0.2, 0.25) is 0 Å². The van der Waals surface area contributed by atoms with Crippen LogP contribution in [0.1, 0.15) is 22.4 Å². The third-order valence-corrected chi connectivity index (χ3v) is 2.97. The van der Waals surface area contributed by atoms with Crippen LogP contribution in [0.2, 0.25) is 0 Å². The van der Waals surface area contributed by atoms with Gasteiger partial charge in [0, 0.05) is 11.8 Å². The standard InChI is InChI=1S/C13H15N3S/c1-9-7-11(13(14)17)3-4-12(9)8-16-6-5-10(2)15-16/h3-7H,8H2,1-2H3,(H2,14,17). The first-order chi connectivity index (χ1) is 8.06. The van der Waals surface area contributed by atoms with E-state index in [0.29, 0.717) is 4.99 Å². The van der Waals surface area contributed by atoms with Crippen LogP contribution in [0.3, 0.4) is 0 Å². The molecule has 1 heterocycles. The molecule has 17 heavy (non-hydrogen) atoms. The van der Waals surface area contributed by atoms with Crippen molar-refractivity contribution in [1.29, 1.82) is 0 Å². The minimum absolute atomic E-state index is 0.439. The third-order valence-electron chi connectivity index (χ3n) is 2.73. The fourth-order valence-corrected chi connectivity index (χ4v) is 1.88. The van der Waals surface area contributed by atoms with Crippen LogP contribution in [0.4, 0.5) is 0 Å². The molecule has 0 fully saturated rings. The van der Waals surface area contributed by atoms with Crippen LogP contribution in [0.15, 0.2) is 30.5 Å². The molecule has 2 N–H and O–H groups in total. The SMILES string of the molecule is Cc1ccn(Cc2ccc(C(N)=S)cc2C)n1. The Labute approximate surface area is 106 Å². The Balaban J connectivity index is 2.25. The second-order valence-electron chi connectivity index (χ2n) is 4.16. The summed E-state index contributed by atoms with van der Waals surface area (Å²) in [6.07, 6.45) is 1.98. The van der Waals surface area contributed by atoms with Gasteiger partial charge in [-0.3, -0.25) is 4.68 Å². The minimum atomic E-state index is 0.439. The fraction of sp³-hybridized carbons (Fsp3) is 0.231. The molecule has 0 saturated carbocycles. The van der Waals surface area contributed by atoms with Crippen molar-refractivity contribution < 1.29 is 0 Å². The second-order valence-corrected chi connectivity index (χ2v) is 4.60. The molecule has 1 aromatic carbocycles. The van der Waals surface area contributed by atoms with Gasteiger partial charge in [0.1, 0.15) is 4.99 Å². The highest BCUT2D eigenvalue weighted by Gasteiger charge is 2.03. The largest absolute Gasteiger partial charge is 0.389 e. The number of benzene rings is 1. The number of nitrogens with zero attached hydrogens (tertiary/aromatic N) is 2. The average molecular weight is 245 g/mol. The van der Waals surface area contributed by atoms with Gasteiger partial charge in [-0.15, -0.1) is 0 Å². The molecule has 2 aromatic rings. The monoisotopic (exact) mass is 245 g/mol. The van der Waals surface area contributed by atoms with E-state index in [4.69, 9.17) is 18.0 Å². The lowest BCUT2D eigenvalue weighted by Crippen LogP contribution is -2.10. The molecule has 0 aliphatic heterocycles. The van der Waals surface area contributed by atoms with Crippen molar-refractivity contribution in [3.63, 3.8) is 0 Å². The average Bonchev–Trinajstić information content (AvgIpc) is 2.67. The summed E-state index contributed by atoms with van der Waals surface area (Å²) in [6.45, 7) is 4.82. The summed E-state index contributed by atoms with van der Waals surface area (Å²) in [5.74, 6) is 0. The second kappa shape index (κ2) is 4.67. The zero-order valence-corrected chi connectivity index (χ0v) is 10.8. The Morgan fingerprint density at radius 2 is 2.12 bits per heavy atom. The van der Waals surface area contributed by atoms with Crippen LogP contribution in [0.5, 0.6) is 0 Å². The highest BCUT2D eigenvalue weighted by molar-refractivity contribution is 7.80. The molecule has 0 unspecified atom stereocenters. The van der Waals surface area contributed by atoms with Crippen LogP contribution in [-0.4, -0.2) is 14.8 Å². The number of aromatic nitrogens is 2. The van der Waals surface area contributed by atoms with Crippen LogP contribution in [-0.2, 0) is 6.54 Å². The van der Waals surface area contributed by atoms with E-state index in [9.17, 15) is 0 Å². The normalized spacial score (nSPS) is 10.5. The lowest BCUT2D eigenvalue weighted by atomic mass is 10.1. The minimum Gasteiger partial charge on any atom is -0.389 e. The van der Waals surface area contributed by atoms with Gasteiger partial charge >= 0.3 is 0 Å². The first kappa shape index (κ1) is 11.8. The summed E-state index contributed by atoms with van der Waals surface area (Å²) < 4.78 is 1.93. The first-order valence-corrected chi connectivity index (χ1v) is 5.86. The number of aryl methyl sites for hydroxylation is 2. The van der Waals surface area contributed by atoms with Crippen molar-refractivity contribution in [3.05, 3.63) is 52.8 Å². The van der Waals surface area contributed by atoms with Crippen LogP contribution >= 0.6 is 12.2 Å². The smallest absolute Gasteiger partial charge is 0.103 e. The Morgan fingerprint density at radius 3 is 2.65 bits per heavy atom. The molecule has 0 aliphatic rings. The fourth-order valence-electron chi connectivity index (χ4n) is 1.75. The van der Waals surface area contributed by atoms with Gasteiger partial charge in [-0.25, -0.2) is 0 Å². The maximum Gasteiger partial charge on any atom is 0.103 e. The molecule has 0 spiro atoms. The maximum atomic E-state index is 5.60. The van der Waals surface area contributed by atoms with E-state index < -0.39 is 0 Å². The van der Waals surface area contributed by atoms with Gasteiger partial charge in [0.25, 0.3) is 0 Å². The van der Waals surface area contributed by atoms with Crippen molar-refractivity contribution in [2.24, 2.45) is 5.73 Å². The quantitative estimate of drug-likeness (QED) is 0.843. The van der Waals surface area contributed by atoms with Crippen molar-refractivity contribution in [1.82, 2.24) is 9.78 Å². The molecular weight excluding hydrogens is 230 g/mol. The molecule has 0 saturated heterocycles. The summed E-state index contributed by atoms with van der Waals surface area (Å²) in [7, 11) is 0. The van der Waals surface area contributed by atoms with Crippen molar-refractivity contribution in [2.45, 2.75) is 20.4 Å². The van der Waals surface area contributed by atoms with Crippen LogP contribution in [0, 0.1) is 13.8 Å². The molecule has 0 aliphatic carbocycles. The Morgan fingerprint density at radius 1 is 1.35 bits per heavy atom. The van der Waals surface area contributed by atoms with E-state index in [1.54, 1.807) is 0 Å². The van der Waals surface area contributed by atoms with Crippen molar-refractivity contribution in [3.8, 4) is 0 Å². The van der Waals surface area contributed by atoms with E-state index >= 15 is 0 Å². The highest BCUT2D eigenvalue weighted by atomic mass is 32.1. The predicted molar refractivity (Wildman–Crippen MR) is 73.1 cm³/mol. The number of thiocarbonyl (C=S) groups is 1. The predicted octanol–water partition coefficient (Wildman–Crippen LogP) is 2.18. The molecule has 0 amide bonds. The topological polar surface area (TPSA) is 43.8 Å². The first-order valence-electron chi connectivity index (χ1n) is 5.45. The molecule has 3 nitrogen and oxygen atoms in total. The van der Waals surface area contributed by atoms with E-state index in [1.165, 1.54) is 11.1 Å². The Hall–Kier alpha value is -1.68. The van der Waals surface area contributed by atoms with Gasteiger partial charge in [0.05, 0.1) is 12.2 Å². The van der Waals surface area contributed by atoms with Crippen molar-refractivity contribution >= 4 is 17.2 Å². The van der Waals surface area contributed by atoms with Gasteiger partial charge < -0.3 is 5.73 Å². The molecule has 0 atom stereocenters. The number of hydrogen-bond acceptors (Lipinski definition) is 2. The molecule has 0 radical (unpaired) electrons. The summed E-state index contributed by atoms with van der Waals surface area (Å²) in [5, 5.41) is 4.37. The molecule has 0 bridgehead atoms. The maximum absolute atomic E-state index is 5.60. The van der Waals surface area contributed by atoms with Gasteiger partial charge in [-0.05, 0) is 37.1 Å². The lowest BCUT2D eigenvalue weighted by Gasteiger charge is -2.08. The zero-order chi connectivity index (χ0) is 12.4. The molecule has 88 valence electrons. The molecular formula is C13H15N3S.